The molecule has 4 nitrogen and oxygen atoms in total. The molecule has 1 atom stereocenters. The molecule has 0 saturated carbocycles. The number of hydrogen-bond donors (Lipinski definition) is 1. The van der Waals surface area contributed by atoms with Crippen molar-refractivity contribution in [3.8, 4) is 5.75 Å². The van der Waals surface area contributed by atoms with Crippen LogP contribution in [0.1, 0.15) is 18.7 Å². The Bertz CT molecular complexity index is 845. The van der Waals surface area contributed by atoms with Gasteiger partial charge in [0.25, 0.3) is 5.91 Å². The van der Waals surface area contributed by atoms with E-state index in [1.54, 1.807) is 6.07 Å². The van der Waals surface area contributed by atoms with E-state index in [2.05, 4.69) is 21.2 Å². The van der Waals surface area contributed by atoms with Crippen LogP contribution in [0.4, 0.5) is 4.39 Å². The fraction of sp³-hybridized carbons (Fsp3) is 0.167. The topological polar surface area (TPSA) is 51.5 Å². The largest absolute Gasteiger partial charge is 0.481 e. The SMILES string of the molecule is C[C@H](NC(=O)COc1ccc(Br)cc1F)c1cc2ccccc2o1. The maximum absolute atomic E-state index is 13.6. The Hall–Kier alpha value is -2.34. The minimum absolute atomic E-state index is 0.0322. The monoisotopic (exact) mass is 391 g/mol. The molecule has 0 saturated heterocycles. The molecule has 0 bridgehead atoms. The van der Waals surface area contributed by atoms with Crippen LogP contribution >= 0.6 is 15.9 Å². The summed E-state index contributed by atoms with van der Waals surface area (Å²) < 4.78 is 25.2. The van der Waals surface area contributed by atoms with E-state index in [-0.39, 0.29) is 24.3 Å². The average molecular weight is 392 g/mol. The summed E-state index contributed by atoms with van der Waals surface area (Å²) in [5, 5.41) is 3.74. The van der Waals surface area contributed by atoms with Crippen molar-refractivity contribution in [1.29, 1.82) is 0 Å². The van der Waals surface area contributed by atoms with Crippen LogP contribution in [0.3, 0.4) is 0 Å². The number of fused-ring (bicyclic) bond motifs is 1. The summed E-state index contributed by atoms with van der Waals surface area (Å²) in [5.41, 5.74) is 0.766. The molecule has 1 aromatic heterocycles. The van der Waals surface area contributed by atoms with Gasteiger partial charge in [-0.25, -0.2) is 4.39 Å². The summed E-state index contributed by atoms with van der Waals surface area (Å²) in [6.07, 6.45) is 0. The van der Waals surface area contributed by atoms with Crippen LogP contribution in [0.5, 0.6) is 5.75 Å². The number of carbonyl (C=O) groups excluding carboxylic acids is 1. The van der Waals surface area contributed by atoms with Crippen LogP contribution < -0.4 is 10.1 Å². The van der Waals surface area contributed by atoms with Crippen molar-refractivity contribution in [2.75, 3.05) is 6.61 Å². The second kappa shape index (κ2) is 7.05. The number of rotatable bonds is 5. The Morgan fingerprint density at radius 1 is 1.29 bits per heavy atom. The lowest BCUT2D eigenvalue weighted by Crippen LogP contribution is -2.31. The second-order valence-electron chi connectivity index (χ2n) is 5.34. The maximum Gasteiger partial charge on any atom is 0.258 e. The molecule has 0 aliphatic carbocycles. The van der Waals surface area contributed by atoms with Crippen molar-refractivity contribution in [2.24, 2.45) is 0 Å². The number of para-hydroxylation sites is 1. The van der Waals surface area contributed by atoms with Crippen molar-refractivity contribution >= 4 is 32.8 Å². The lowest BCUT2D eigenvalue weighted by molar-refractivity contribution is -0.123. The van der Waals surface area contributed by atoms with Gasteiger partial charge in [-0.2, -0.15) is 0 Å². The zero-order valence-corrected chi connectivity index (χ0v) is 14.5. The molecule has 0 unspecified atom stereocenters. The highest BCUT2D eigenvalue weighted by Gasteiger charge is 2.15. The predicted octanol–water partition coefficient (Wildman–Crippen LogP) is 4.59. The summed E-state index contributed by atoms with van der Waals surface area (Å²) in [6, 6.07) is 13.6. The quantitative estimate of drug-likeness (QED) is 0.691. The molecular formula is C18H15BrFNO3. The summed E-state index contributed by atoms with van der Waals surface area (Å²) in [5.74, 6) is -0.197. The molecule has 1 heterocycles. The van der Waals surface area contributed by atoms with Crippen molar-refractivity contribution < 1.29 is 18.3 Å². The average Bonchev–Trinajstić information content (AvgIpc) is 2.98. The summed E-state index contributed by atoms with van der Waals surface area (Å²) >= 11 is 3.16. The van der Waals surface area contributed by atoms with Gasteiger partial charge in [0.15, 0.2) is 18.2 Å². The van der Waals surface area contributed by atoms with E-state index in [9.17, 15) is 9.18 Å². The van der Waals surface area contributed by atoms with Crippen molar-refractivity contribution in [3.05, 3.63) is 64.6 Å². The second-order valence-corrected chi connectivity index (χ2v) is 6.25. The predicted molar refractivity (Wildman–Crippen MR) is 92.4 cm³/mol. The van der Waals surface area contributed by atoms with Crippen LogP contribution in [0.25, 0.3) is 11.0 Å². The molecule has 6 heteroatoms. The van der Waals surface area contributed by atoms with Crippen molar-refractivity contribution in [1.82, 2.24) is 5.32 Å². The minimum atomic E-state index is -0.525. The van der Waals surface area contributed by atoms with E-state index in [4.69, 9.17) is 9.15 Å². The molecule has 0 radical (unpaired) electrons. The first kappa shape index (κ1) is 16.5. The van der Waals surface area contributed by atoms with Gasteiger partial charge in [0, 0.05) is 9.86 Å². The molecule has 124 valence electrons. The Morgan fingerprint density at radius 3 is 2.83 bits per heavy atom. The third-order valence-corrected chi connectivity index (χ3v) is 3.99. The number of carbonyl (C=O) groups is 1. The van der Waals surface area contributed by atoms with Gasteiger partial charge in [-0.15, -0.1) is 0 Å². The lowest BCUT2D eigenvalue weighted by Gasteiger charge is -2.12. The Morgan fingerprint density at radius 2 is 2.08 bits per heavy atom. The van der Waals surface area contributed by atoms with Gasteiger partial charge in [-0.3, -0.25) is 4.79 Å². The van der Waals surface area contributed by atoms with Crippen molar-refractivity contribution in [3.63, 3.8) is 0 Å². The highest BCUT2D eigenvalue weighted by molar-refractivity contribution is 9.10. The van der Waals surface area contributed by atoms with Gasteiger partial charge in [-0.05, 0) is 37.3 Å². The zero-order chi connectivity index (χ0) is 17.1. The van der Waals surface area contributed by atoms with E-state index in [1.807, 2.05) is 37.3 Å². The molecule has 0 spiro atoms. The first-order valence-corrected chi connectivity index (χ1v) is 8.18. The van der Waals surface area contributed by atoms with Gasteiger partial charge in [0.1, 0.15) is 11.3 Å². The zero-order valence-electron chi connectivity index (χ0n) is 12.9. The van der Waals surface area contributed by atoms with E-state index in [1.165, 1.54) is 12.1 Å². The fourth-order valence-corrected chi connectivity index (χ4v) is 2.64. The van der Waals surface area contributed by atoms with Gasteiger partial charge in [-0.1, -0.05) is 34.1 Å². The molecule has 3 aromatic rings. The summed E-state index contributed by atoms with van der Waals surface area (Å²) in [7, 11) is 0. The standard InChI is InChI=1S/C18H15BrFNO3/c1-11(17-8-12-4-2-3-5-15(12)24-17)21-18(22)10-23-16-7-6-13(19)9-14(16)20/h2-9,11H,10H2,1H3,(H,21,22)/t11-/m0/s1. The van der Waals surface area contributed by atoms with Crippen LogP contribution in [-0.4, -0.2) is 12.5 Å². The molecule has 1 N–H and O–H groups in total. The molecular weight excluding hydrogens is 377 g/mol. The van der Waals surface area contributed by atoms with Crippen LogP contribution in [-0.2, 0) is 4.79 Å². The number of nitrogens with one attached hydrogen (secondary N) is 1. The number of benzene rings is 2. The van der Waals surface area contributed by atoms with Crippen molar-refractivity contribution in [2.45, 2.75) is 13.0 Å². The highest BCUT2D eigenvalue weighted by Crippen LogP contribution is 2.24. The van der Waals surface area contributed by atoms with Crippen LogP contribution in [0.15, 0.2) is 57.4 Å². The molecule has 2 aromatic carbocycles. The molecule has 1 amide bonds. The van der Waals surface area contributed by atoms with E-state index in [0.717, 1.165) is 11.0 Å². The minimum Gasteiger partial charge on any atom is -0.481 e. The third kappa shape index (κ3) is 3.76. The van der Waals surface area contributed by atoms with Gasteiger partial charge in [0.2, 0.25) is 0 Å². The number of furan rings is 1. The Balaban J connectivity index is 1.59. The van der Waals surface area contributed by atoms with Crippen LogP contribution in [0.2, 0.25) is 0 Å². The first-order valence-electron chi connectivity index (χ1n) is 7.38. The van der Waals surface area contributed by atoms with Gasteiger partial charge in [0.05, 0.1) is 6.04 Å². The van der Waals surface area contributed by atoms with Crippen LogP contribution in [0, 0.1) is 5.82 Å². The Labute approximate surface area is 146 Å². The van der Waals surface area contributed by atoms with E-state index >= 15 is 0 Å². The van der Waals surface area contributed by atoms with Gasteiger partial charge >= 0.3 is 0 Å². The number of amides is 1. The first-order chi connectivity index (χ1) is 11.5. The number of halogens is 2. The molecule has 0 aliphatic heterocycles. The van der Waals surface area contributed by atoms with Gasteiger partial charge < -0.3 is 14.5 Å². The normalized spacial score (nSPS) is 12.1. The highest BCUT2D eigenvalue weighted by atomic mass is 79.9. The smallest absolute Gasteiger partial charge is 0.258 e. The van der Waals surface area contributed by atoms with E-state index < -0.39 is 5.82 Å². The fourth-order valence-electron chi connectivity index (χ4n) is 2.31. The summed E-state index contributed by atoms with van der Waals surface area (Å²) in [4.78, 5) is 12.0. The Kier molecular flexibility index (Phi) is 4.85. The lowest BCUT2D eigenvalue weighted by atomic mass is 10.2. The third-order valence-electron chi connectivity index (χ3n) is 3.50. The van der Waals surface area contributed by atoms with E-state index in [0.29, 0.717) is 10.2 Å². The molecule has 3 rings (SSSR count). The maximum atomic E-state index is 13.6. The molecule has 0 aliphatic rings. The molecule has 24 heavy (non-hydrogen) atoms. The number of hydrogen-bond acceptors (Lipinski definition) is 3. The molecule has 0 fully saturated rings. The number of ether oxygens (including phenoxy) is 1. The summed E-state index contributed by atoms with van der Waals surface area (Å²) in [6.45, 7) is 1.54.